The molecule has 0 aliphatic carbocycles. The van der Waals surface area contributed by atoms with E-state index in [9.17, 15) is 14.4 Å². The van der Waals surface area contributed by atoms with Crippen LogP contribution in [0.15, 0.2) is 39.9 Å². The number of fused-ring (bicyclic) bond motifs is 1. The Kier molecular flexibility index (Phi) is 7.50. The molecule has 1 amide bonds. The summed E-state index contributed by atoms with van der Waals surface area (Å²) in [6.45, 7) is 11.9. The second kappa shape index (κ2) is 10.6. The number of hydrogen-bond donors (Lipinski definition) is 2. The van der Waals surface area contributed by atoms with Gasteiger partial charge in [0.05, 0.1) is 10.9 Å². The molecule has 8 nitrogen and oxygen atoms in total. The molecule has 2 N–H and O–H groups in total. The zero-order chi connectivity index (χ0) is 25.1. The molecule has 3 heterocycles. The van der Waals surface area contributed by atoms with Gasteiger partial charge in [-0.05, 0) is 55.3 Å². The molecule has 1 unspecified atom stereocenters. The van der Waals surface area contributed by atoms with Crippen molar-refractivity contribution in [3.05, 3.63) is 73.6 Å². The van der Waals surface area contributed by atoms with E-state index < -0.39 is 11.2 Å². The molecule has 1 atom stereocenters. The van der Waals surface area contributed by atoms with Gasteiger partial charge in [0.2, 0.25) is 0 Å². The lowest BCUT2D eigenvalue weighted by molar-refractivity contribution is 0.0952. The Labute approximate surface area is 205 Å². The number of aromatic amines is 1. The minimum Gasteiger partial charge on any atom is -0.348 e. The predicted octanol–water partition coefficient (Wildman–Crippen LogP) is 3.39. The van der Waals surface area contributed by atoms with Gasteiger partial charge in [0.25, 0.3) is 11.5 Å². The first kappa shape index (κ1) is 24.9. The standard InChI is InChI=1S/C27H35N5O3/c1-5-32-24-23(26(34)30-27(32)35)21(13-22(29-24)17(2)3)25(33)28-14-19-8-10-20(11-9-19)16-31-12-6-7-18(4)15-31/h8-11,13,17-18H,5-7,12,14-16H2,1-4H3,(H,28,33)(H,30,34,35). The summed E-state index contributed by atoms with van der Waals surface area (Å²) in [7, 11) is 0. The number of carbonyl (C=O) groups excluding carboxylic acids is 1. The van der Waals surface area contributed by atoms with E-state index in [1.807, 2.05) is 26.0 Å². The van der Waals surface area contributed by atoms with Crippen LogP contribution in [-0.4, -0.2) is 38.4 Å². The van der Waals surface area contributed by atoms with Gasteiger partial charge in [-0.15, -0.1) is 0 Å². The van der Waals surface area contributed by atoms with E-state index in [1.165, 1.54) is 23.0 Å². The number of rotatable bonds is 7. The van der Waals surface area contributed by atoms with E-state index in [2.05, 4.69) is 39.2 Å². The highest BCUT2D eigenvalue weighted by molar-refractivity contribution is 6.05. The Morgan fingerprint density at radius 2 is 1.91 bits per heavy atom. The Morgan fingerprint density at radius 1 is 1.20 bits per heavy atom. The van der Waals surface area contributed by atoms with E-state index in [4.69, 9.17) is 0 Å². The highest BCUT2D eigenvalue weighted by Crippen LogP contribution is 2.20. The third-order valence-corrected chi connectivity index (χ3v) is 6.74. The average molecular weight is 478 g/mol. The molecule has 1 saturated heterocycles. The van der Waals surface area contributed by atoms with E-state index >= 15 is 0 Å². The molecule has 35 heavy (non-hydrogen) atoms. The van der Waals surface area contributed by atoms with Crippen LogP contribution in [0.1, 0.15) is 73.6 Å². The van der Waals surface area contributed by atoms with Crippen LogP contribution < -0.4 is 16.6 Å². The summed E-state index contributed by atoms with van der Waals surface area (Å²) in [5, 5.41) is 3.08. The van der Waals surface area contributed by atoms with Crippen LogP contribution in [0, 0.1) is 5.92 Å². The summed E-state index contributed by atoms with van der Waals surface area (Å²) in [6, 6.07) is 9.96. The monoisotopic (exact) mass is 477 g/mol. The molecular weight excluding hydrogens is 442 g/mol. The van der Waals surface area contributed by atoms with Crippen molar-refractivity contribution in [2.75, 3.05) is 13.1 Å². The molecule has 2 aromatic heterocycles. The summed E-state index contributed by atoms with van der Waals surface area (Å²) in [4.78, 5) is 47.6. The van der Waals surface area contributed by atoms with Gasteiger partial charge < -0.3 is 5.32 Å². The number of amides is 1. The van der Waals surface area contributed by atoms with E-state index in [0.29, 0.717) is 18.8 Å². The maximum atomic E-state index is 13.2. The fourth-order valence-corrected chi connectivity index (χ4v) is 4.79. The molecule has 1 aliphatic heterocycles. The van der Waals surface area contributed by atoms with Crippen molar-refractivity contribution in [3.63, 3.8) is 0 Å². The molecule has 1 fully saturated rings. The van der Waals surface area contributed by atoms with Gasteiger partial charge in [0.15, 0.2) is 5.65 Å². The Hall–Kier alpha value is -3.26. The second-order valence-corrected chi connectivity index (χ2v) is 9.93. The van der Waals surface area contributed by atoms with Crippen molar-refractivity contribution in [2.24, 2.45) is 5.92 Å². The molecule has 3 aromatic rings. The largest absolute Gasteiger partial charge is 0.348 e. The van der Waals surface area contributed by atoms with Crippen molar-refractivity contribution in [2.45, 2.75) is 66.1 Å². The first-order valence-electron chi connectivity index (χ1n) is 12.5. The van der Waals surface area contributed by atoms with Crippen LogP contribution in [0.3, 0.4) is 0 Å². The van der Waals surface area contributed by atoms with Crippen molar-refractivity contribution in [1.82, 2.24) is 24.8 Å². The molecule has 4 rings (SSSR count). The Balaban J connectivity index is 1.54. The third-order valence-electron chi connectivity index (χ3n) is 6.74. The third kappa shape index (κ3) is 5.53. The number of likely N-dealkylation sites (tertiary alicyclic amines) is 1. The predicted molar refractivity (Wildman–Crippen MR) is 138 cm³/mol. The normalized spacial score (nSPS) is 16.7. The van der Waals surface area contributed by atoms with Gasteiger partial charge in [-0.25, -0.2) is 9.78 Å². The van der Waals surface area contributed by atoms with Crippen LogP contribution in [0.25, 0.3) is 11.0 Å². The quantitative estimate of drug-likeness (QED) is 0.543. The van der Waals surface area contributed by atoms with E-state index in [-0.39, 0.29) is 28.4 Å². The van der Waals surface area contributed by atoms with Gasteiger partial charge in [0.1, 0.15) is 0 Å². The van der Waals surface area contributed by atoms with E-state index in [1.54, 1.807) is 13.0 Å². The summed E-state index contributed by atoms with van der Waals surface area (Å²) >= 11 is 0. The number of benzene rings is 1. The highest BCUT2D eigenvalue weighted by Gasteiger charge is 2.20. The maximum absolute atomic E-state index is 13.2. The molecule has 8 heteroatoms. The number of hydrogen-bond acceptors (Lipinski definition) is 5. The molecule has 1 aromatic carbocycles. The first-order valence-corrected chi connectivity index (χ1v) is 12.5. The lowest BCUT2D eigenvalue weighted by Gasteiger charge is -2.30. The molecule has 1 aliphatic rings. The molecule has 0 bridgehead atoms. The molecule has 0 spiro atoms. The van der Waals surface area contributed by atoms with Gasteiger partial charge in [-0.1, -0.05) is 45.0 Å². The summed E-state index contributed by atoms with van der Waals surface area (Å²) in [5.74, 6) is 0.413. The Morgan fingerprint density at radius 3 is 2.57 bits per heavy atom. The number of H-pyrrole nitrogens is 1. The van der Waals surface area contributed by atoms with Gasteiger partial charge in [0, 0.05) is 31.9 Å². The number of nitrogens with zero attached hydrogens (tertiary/aromatic N) is 3. The zero-order valence-electron chi connectivity index (χ0n) is 21.1. The van der Waals surface area contributed by atoms with Crippen LogP contribution in [0.5, 0.6) is 0 Å². The van der Waals surface area contributed by atoms with Crippen LogP contribution in [0.2, 0.25) is 0 Å². The highest BCUT2D eigenvalue weighted by atomic mass is 16.2. The number of aryl methyl sites for hydroxylation is 1. The number of aromatic nitrogens is 3. The average Bonchev–Trinajstić information content (AvgIpc) is 2.83. The van der Waals surface area contributed by atoms with Gasteiger partial charge in [-0.3, -0.25) is 24.0 Å². The van der Waals surface area contributed by atoms with Crippen LogP contribution in [-0.2, 0) is 19.6 Å². The molecule has 0 saturated carbocycles. The van der Waals surface area contributed by atoms with Crippen LogP contribution in [0.4, 0.5) is 0 Å². The number of pyridine rings is 1. The lowest BCUT2D eigenvalue weighted by atomic mass is 9.99. The minimum absolute atomic E-state index is 0.0288. The summed E-state index contributed by atoms with van der Waals surface area (Å²) in [6.07, 6.45) is 2.56. The van der Waals surface area contributed by atoms with Crippen molar-refractivity contribution >= 4 is 16.9 Å². The van der Waals surface area contributed by atoms with Gasteiger partial charge >= 0.3 is 5.69 Å². The maximum Gasteiger partial charge on any atom is 0.329 e. The summed E-state index contributed by atoms with van der Waals surface area (Å²) < 4.78 is 1.39. The van der Waals surface area contributed by atoms with Crippen LogP contribution >= 0.6 is 0 Å². The number of nitrogens with one attached hydrogen (secondary N) is 2. The first-order chi connectivity index (χ1) is 16.8. The number of carbonyl (C=O) groups is 1. The molecular formula is C27H35N5O3. The topological polar surface area (TPSA) is 100 Å². The molecule has 186 valence electrons. The fourth-order valence-electron chi connectivity index (χ4n) is 4.79. The number of piperidine rings is 1. The van der Waals surface area contributed by atoms with Crippen molar-refractivity contribution in [1.29, 1.82) is 0 Å². The zero-order valence-corrected chi connectivity index (χ0v) is 21.1. The summed E-state index contributed by atoms with van der Waals surface area (Å²) in [5.41, 5.74) is 2.26. The fraction of sp³-hybridized carbons (Fsp3) is 0.481. The van der Waals surface area contributed by atoms with Crippen molar-refractivity contribution < 1.29 is 4.79 Å². The minimum atomic E-state index is -0.598. The van der Waals surface area contributed by atoms with Crippen molar-refractivity contribution in [3.8, 4) is 0 Å². The second-order valence-electron chi connectivity index (χ2n) is 9.93. The van der Waals surface area contributed by atoms with E-state index in [0.717, 1.165) is 31.1 Å². The lowest BCUT2D eigenvalue weighted by Crippen LogP contribution is -2.33. The smallest absolute Gasteiger partial charge is 0.329 e. The molecule has 0 radical (unpaired) electrons. The van der Waals surface area contributed by atoms with Gasteiger partial charge in [-0.2, -0.15) is 0 Å². The SMILES string of the molecule is CCn1c(=O)[nH]c(=O)c2c(C(=O)NCc3ccc(CN4CCCC(C)C4)cc3)cc(C(C)C)nc21. The Bertz CT molecular complexity index is 1320.